The molecule has 0 bridgehead atoms. The fourth-order valence-corrected chi connectivity index (χ4v) is 3.99. The fourth-order valence-electron chi connectivity index (χ4n) is 3.99. The molecule has 6 N–H and O–H groups in total. The second-order valence-electron chi connectivity index (χ2n) is 8.61. The molecule has 0 unspecified atom stereocenters. The van der Waals surface area contributed by atoms with Crippen molar-refractivity contribution in [1.82, 2.24) is 9.80 Å². The number of rotatable bonds is 17. The van der Waals surface area contributed by atoms with Crippen LogP contribution in [0.4, 0.5) is 0 Å². The topological polar surface area (TPSA) is 99.0 Å². The van der Waals surface area contributed by atoms with Gasteiger partial charge in [0.2, 0.25) is 0 Å². The lowest BCUT2D eigenvalue weighted by Gasteiger charge is -2.27. The van der Waals surface area contributed by atoms with Gasteiger partial charge in [-0.05, 0) is 63.0 Å². The highest BCUT2D eigenvalue weighted by molar-refractivity contribution is 7.59. The Balaban J connectivity index is 0.00000544. The maximum absolute atomic E-state index is 10.3. The molecule has 2 rings (SSSR count). The largest absolute Gasteiger partial charge is 0.392 e. The minimum absolute atomic E-state index is 0. The molecule has 194 valence electrons. The van der Waals surface area contributed by atoms with Crippen molar-refractivity contribution in [2.75, 3.05) is 39.3 Å². The SMILES string of the molecule is NCC[C@H](O)CN(CCCCN(Cc1ccccc1)C[C@@H](O)CCN)Cc1ccccc1.S.S. The summed E-state index contributed by atoms with van der Waals surface area (Å²) in [5.74, 6) is 0. The van der Waals surface area contributed by atoms with E-state index in [1.54, 1.807) is 0 Å². The van der Waals surface area contributed by atoms with Crippen molar-refractivity contribution in [3.05, 3.63) is 71.8 Å². The van der Waals surface area contributed by atoms with Gasteiger partial charge in [0.15, 0.2) is 0 Å². The molecular formula is C26H46N4O2S2. The lowest BCUT2D eigenvalue weighted by atomic mass is 10.1. The van der Waals surface area contributed by atoms with Crippen LogP contribution in [0.1, 0.15) is 36.8 Å². The van der Waals surface area contributed by atoms with Crippen LogP contribution in [0.25, 0.3) is 0 Å². The van der Waals surface area contributed by atoms with Gasteiger partial charge in [0.25, 0.3) is 0 Å². The van der Waals surface area contributed by atoms with Crippen LogP contribution in [0.15, 0.2) is 60.7 Å². The number of aliphatic hydroxyl groups is 2. The van der Waals surface area contributed by atoms with Crippen molar-refractivity contribution in [1.29, 1.82) is 0 Å². The number of aliphatic hydroxyl groups excluding tert-OH is 2. The number of hydrogen-bond donors (Lipinski definition) is 4. The van der Waals surface area contributed by atoms with E-state index < -0.39 is 12.2 Å². The molecule has 0 saturated heterocycles. The number of benzene rings is 2. The molecule has 0 amide bonds. The summed E-state index contributed by atoms with van der Waals surface area (Å²) in [5, 5.41) is 20.6. The van der Waals surface area contributed by atoms with E-state index in [0.717, 1.165) is 39.0 Å². The van der Waals surface area contributed by atoms with Gasteiger partial charge in [-0.2, -0.15) is 27.0 Å². The molecule has 6 nitrogen and oxygen atoms in total. The quantitative estimate of drug-likeness (QED) is 0.244. The van der Waals surface area contributed by atoms with Gasteiger partial charge < -0.3 is 21.7 Å². The second kappa shape index (κ2) is 20.1. The van der Waals surface area contributed by atoms with E-state index in [9.17, 15) is 10.2 Å². The summed E-state index contributed by atoms with van der Waals surface area (Å²) in [6.45, 7) is 5.75. The first-order valence-corrected chi connectivity index (χ1v) is 11.9. The molecule has 0 spiro atoms. The molecule has 0 saturated carbocycles. The molecule has 0 aliphatic carbocycles. The first-order chi connectivity index (χ1) is 15.6. The second-order valence-corrected chi connectivity index (χ2v) is 8.61. The third-order valence-electron chi connectivity index (χ3n) is 5.63. The highest BCUT2D eigenvalue weighted by atomic mass is 32.1. The van der Waals surface area contributed by atoms with Crippen LogP contribution in [0, 0.1) is 0 Å². The number of nitrogens with zero attached hydrogens (tertiary/aromatic N) is 2. The summed E-state index contributed by atoms with van der Waals surface area (Å²) >= 11 is 0. The monoisotopic (exact) mass is 510 g/mol. The average Bonchev–Trinajstić information content (AvgIpc) is 2.78. The highest BCUT2D eigenvalue weighted by Crippen LogP contribution is 2.11. The minimum atomic E-state index is -0.398. The minimum Gasteiger partial charge on any atom is -0.392 e. The van der Waals surface area contributed by atoms with Crippen molar-refractivity contribution < 1.29 is 10.2 Å². The van der Waals surface area contributed by atoms with Crippen molar-refractivity contribution in [2.45, 2.75) is 51.0 Å². The van der Waals surface area contributed by atoms with Gasteiger partial charge in [-0.15, -0.1) is 0 Å². The molecular weight excluding hydrogens is 464 g/mol. The van der Waals surface area contributed by atoms with Gasteiger partial charge in [0.05, 0.1) is 12.2 Å². The summed E-state index contributed by atoms with van der Waals surface area (Å²) in [7, 11) is 0. The maximum Gasteiger partial charge on any atom is 0.0679 e. The van der Waals surface area contributed by atoms with Crippen LogP contribution in [-0.2, 0) is 13.1 Å². The molecule has 0 radical (unpaired) electrons. The molecule has 2 aromatic carbocycles. The fraction of sp³-hybridized carbons (Fsp3) is 0.538. The summed E-state index contributed by atoms with van der Waals surface area (Å²) in [6.07, 6.45) is 2.50. The Hall–Kier alpha value is -1.10. The van der Waals surface area contributed by atoms with E-state index in [1.165, 1.54) is 11.1 Å². The molecule has 8 heteroatoms. The maximum atomic E-state index is 10.3. The molecule has 34 heavy (non-hydrogen) atoms. The lowest BCUT2D eigenvalue weighted by Crippen LogP contribution is -2.35. The summed E-state index contributed by atoms with van der Waals surface area (Å²) in [6, 6.07) is 20.8. The van der Waals surface area contributed by atoms with Crippen LogP contribution in [-0.4, -0.2) is 71.5 Å². The number of unbranched alkanes of at least 4 members (excludes halogenated alkanes) is 1. The third kappa shape index (κ3) is 14.3. The molecule has 0 aliphatic heterocycles. The molecule has 0 heterocycles. The Morgan fingerprint density at radius 2 is 0.971 bits per heavy atom. The van der Waals surface area contributed by atoms with Crippen LogP contribution >= 0.6 is 27.0 Å². The van der Waals surface area contributed by atoms with E-state index in [2.05, 4.69) is 58.3 Å². The third-order valence-corrected chi connectivity index (χ3v) is 5.63. The average molecular weight is 511 g/mol. The molecule has 2 atom stereocenters. The van der Waals surface area contributed by atoms with Gasteiger partial charge >= 0.3 is 0 Å². The Morgan fingerprint density at radius 3 is 1.29 bits per heavy atom. The zero-order chi connectivity index (χ0) is 23.0. The molecule has 0 aliphatic rings. The Morgan fingerprint density at radius 1 is 0.618 bits per heavy atom. The van der Waals surface area contributed by atoms with Crippen LogP contribution in [0.2, 0.25) is 0 Å². The summed E-state index contributed by atoms with van der Waals surface area (Å²) in [4.78, 5) is 4.64. The van der Waals surface area contributed by atoms with Crippen molar-refractivity contribution >= 4 is 27.0 Å². The highest BCUT2D eigenvalue weighted by Gasteiger charge is 2.14. The Labute approximate surface area is 220 Å². The van der Waals surface area contributed by atoms with Crippen molar-refractivity contribution in [2.24, 2.45) is 11.5 Å². The van der Waals surface area contributed by atoms with Gasteiger partial charge in [0, 0.05) is 26.2 Å². The smallest absolute Gasteiger partial charge is 0.0679 e. The standard InChI is InChI=1S/C26H42N4O2.2H2S/c27-15-13-25(31)21-29(19-23-9-3-1-4-10-23)17-7-8-18-30(22-26(32)14-16-28)20-24-11-5-2-6-12-24;;/h1-6,9-12,25-26,31-32H,7-8,13-22,27-28H2;2*1H2/t25-,26-;;/m0../s1. The normalized spacial score (nSPS) is 12.8. The predicted molar refractivity (Wildman–Crippen MR) is 153 cm³/mol. The predicted octanol–water partition coefficient (Wildman–Crippen LogP) is 2.42. The molecule has 2 aromatic rings. The van der Waals surface area contributed by atoms with E-state index >= 15 is 0 Å². The van der Waals surface area contributed by atoms with Crippen LogP contribution < -0.4 is 11.5 Å². The number of hydrogen-bond acceptors (Lipinski definition) is 6. The van der Waals surface area contributed by atoms with E-state index in [1.807, 2.05) is 12.1 Å². The molecule has 0 aromatic heterocycles. The van der Waals surface area contributed by atoms with Crippen molar-refractivity contribution in [3.8, 4) is 0 Å². The van der Waals surface area contributed by atoms with Crippen LogP contribution in [0.5, 0.6) is 0 Å². The van der Waals surface area contributed by atoms with Crippen LogP contribution in [0.3, 0.4) is 0 Å². The van der Waals surface area contributed by atoms with E-state index in [-0.39, 0.29) is 27.0 Å². The van der Waals surface area contributed by atoms with Gasteiger partial charge in [-0.1, -0.05) is 60.7 Å². The number of nitrogens with two attached hydrogens (primary N) is 2. The van der Waals surface area contributed by atoms with Gasteiger partial charge in [0.1, 0.15) is 0 Å². The molecule has 0 fully saturated rings. The van der Waals surface area contributed by atoms with Gasteiger partial charge in [-0.25, -0.2) is 0 Å². The van der Waals surface area contributed by atoms with Gasteiger partial charge in [-0.3, -0.25) is 9.80 Å². The first kappa shape index (κ1) is 32.9. The first-order valence-electron chi connectivity index (χ1n) is 11.9. The van der Waals surface area contributed by atoms with Crippen molar-refractivity contribution in [3.63, 3.8) is 0 Å². The zero-order valence-electron chi connectivity index (χ0n) is 20.4. The van der Waals surface area contributed by atoms with E-state index in [4.69, 9.17) is 11.5 Å². The summed E-state index contributed by atoms with van der Waals surface area (Å²) in [5.41, 5.74) is 13.8. The zero-order valence-corrected chi connectivity index (χ0v) is 22.4. The van der Waals surface area contributed by atoms with E-state index in [0.29, 0.717) is 39.0 Å². The Bertz CT molecular complexity index is 651. The lowest BCUT2D eigenvalue weighted by molar-refractivity contribution is 0.0942. The summed E-state index contributed by atoms with van der Waals surface area (Å²) < 4.78 is 0. The Kier molecular flexibility index (Phi) is 19.5.